The summed E-state index contributed by atoms with van der Waals surface area (Å²) in [6.07, 6.45) is 0. The van der Waals surface area contributed by atoms with Crippen LogP contribution in [0, 0.1) is 0 Å². The number of carboxylic acids is 1. The average molecular weight is 326 g/mol. The smallest absolute Gasteiger partial charge is 0.341 e. The quantitative estimate of drug-likeness (QED) is 0.776. The monoisotopic (exact) mass is 326 g/mol. The Bertz CT molecular complexity index is 957. The van der Waals surface area contributed by atoms with Crippen LogP contribution in [0.2, 0.25) is 0 Å². The predicted molar refractivity (Wildman–Crippen MR) is 87.6 cm³/mol. The number of benzene rings is 2. The van der Waals surface area contributed by atoms with Crippen LogP contribution in [0.5, 0.6) is 11.5 Å². The Kier molecular flexibility index (Phi) is 4.20. The molecular formula is C18H14O6. The molecule has 0 aliphatic carbocycles. The Labute approximate surface area is 136 Å². The minimum Gasteiger partial charge on any atom is -0.496 e. The Morgan fingerprint density at radius 2 is 1.83 bits per heavy atom. The zero-order valence-corrected chi connectivity index (χ0v) is 12.8. The van der Waals surface area contributed by atoms with E-state index < -0.39 is 18.0 Å². The van der Waals surface area contributed by atoms with Gasteiger partial charge in [-0.05, 0) is 24.3 Å². The topological polar surface area (TPSA) is 86.0 Å². The van der Waals surface area contributed by atoms with Gasteiger partial charge in [0.1, 0.15) is 11.3 Å². The number of methoxy groups -OCH3 is 1. The standard InChI is InChI=1S/C18H14O6/c1-22-13-8-4-3-7-12(13)17-18(23-10-15(19)20)16(21)11-6-2-5-9-14(11)24-17/h2-9H,10H2,1H3,(H,19,20). The molecule has 0 atom stereocenters. The molecule has 0 amide bonds. The predicted octanol–water partition coefficient (Wildman–Crippen LogP) is 2.93. The van der Waals surface area contributed by atoms with Crippen LogP contribution in [0.1, 0.15) is 0 Å². The van der Waals surface area contributed by atoms with E-state index >= 15 is 0 Å². The second-order valence-electron chi connectivity index (χ2n) is 4.97. The van der Waals surface area contributed by atoms with E-state index in [0.717, 1.165) is 0 Å². The Hall–Kier alpha value is -3.28. The zero-order chi connectivity index (χ0) is 17.1. The van der Waals surface area contributed by atoms with Crippen LogP contribution in [-0.2, 0) is 4.79 Å². The lowest BCUT2D eigenvalue weighted by atomic mass is 10.1. The third-order valence-corrected chi connectivity index (χ3v) is 3.45. The fourth-order valence-corrected chi connectivity index (χ4v) is 2.40. The zero-order valence-electron chi connectivity index (χ0n) is 12.8. The van der Waals surface area contributed by atoms with Gasteiger partial charge in [0.25, 0.3) is 0 Å². The van der Waals surface area contributed by atoms with Gasteiger partial charge >= 0.3 is 5.97 Å². The lowest BCUT2D eigenvalue weighted by Crippen LogP contribution is -2.16. The van der Waals surface area contributed by atoms with Gasteiger partial charge in [0, 0.05) is 0 Å². The lowest BCUT2D eigenvalue weighted by Gasteiger charge is -2.12. The normalized spacial score (nSPS) is 10.5. The van der Waals surface area contributed by atoms with E-state index in [9.17, 15) is 9.59 Å². The van der Waals surface area contributed by atoms with Crippen molar-refractivity contribution >= 4 is 16.9 Å². The van der Waals surface area contributed by atoms with Gasteiger partial charge in [-0.25, -0.2) is 4.79 Å². The van der Waals surface area contributed by atoms with Gasteiger partial charge in [-0.1, -0.05) is 24.3 Å². The molecule has 1 heterocycles. The largest absolute Gasteiger partial charge is 0.496 e. The highest BCUT2D eigenvalue weighted by atomic mass is 16.5. The molecule has 3 rings (SSSR count). The number of carbonyl (C=O) groups is 1. The molecule has 122 valence electrons. The molecular weight excluding hydrogens is 312 g/mol. The number of hydrogen-bond donors (Lipinski definition) is 1. The van der Waals surface area contributed by atoms with Gasteiger partial charge in [-0.2, -0.15) is 0 Å². The highest BCUT2D eigenvalue weighted by molar-refractivity contribution is 5.83. The molecule has 0 spiro atoms. The van der Waals surface area contributed by atoms with Crippen molar-refractivity contribution in [3.8, 4) is 22.8 Å². The number of ether oxygens (including phenoxy) is 2. The Balaban J connectivity index is 2.30. The number of carboxylic acid groups (broad SMARTS) is 1. The second kappa shape index (κ2) is 6.45. The fraction of sp³-hybridized carbons (Fsp3) is 0.111. The first-order valence-electron chi connectivity index (χ1n) is 7.15. The summed E-state index contributed by atoms with van der Waals surface area (Å²) < 4.78 is 16.4. The summed E-state index contributed by atoms with van der Waals surface area (Å²) in [5.74, 6) is -0.720. The minimum atomic E-state index is -1.19. The molecule has 24 heavy (non-hydrogen) atoms. The van der Waals surface area contributed by atoms with Gasteiger partial charge in [0.05, 0.1) is 18.1 Å². The second-order valence-corrected chi connectivity index (χ2v) is 4.97. The summed E-state index contributed by atoms with van der Waals surface area (Å²) in [7, 11) is 1.50. The summed E-state index contributed by atoms with van der Waals surface area (Å²) >= 11 is 0. The summed E-state index contributed by atoms with van der Waals surface area (Å²) in [6, 6.07) is 13.7. The molecule has 0 saturated carbocycles. The fourth-order valence-electron chi connectivity index (χ4n) is 2.40. The van der Waals surface area contributed by atoms with Crippen LogP contribution in [0.15, 0.2) is 57.7 Å². The number of para-hydroxylation sites is 2. The van der Waals surface area contributed by atoms with E-state index in [1.54, 1.807) is 48.5 Å². The van der Waals surface area contributed by atoms with E-state index in [0.29, 0.717) is 22.3 Å². The number of rotatable bonds is 5. The first-order chi connectivity index (χ1) is 11.6. The van der Waals surface area contributed by atoms with Crippen LogP contribution in [0.3, 0.4) is 0 Å². The number of hydrogen-bond acceptors (Lipinski definition) is 5. The molecule has 1 aromatic heterocycles. The molecule has 6 heteroatoms. The molecule has 0 unspecified atom stereocenters. The molecule has 6 nitrogen and oxygen atoms in total. The van der Waals surface area contributed by atoms with E-state index in [2.05, 4.69) is 0 Å². The van der Waals surface area contributed by atoms with Crippen LogP contribution >= 0.6 is 0 Å². The van der Waals surface area contributed by atoms with Crippen LogP contribution < -0.4 is 14.9 Å². The van der Waals surface area contributed by atoms with Gasteiger partial charge in [0.15, 0.2) is 12.4 Å². The Morgan fingerprint density at radius 3 is 2.58 bits per heavy atom. The maximum Gasteiger partial charge on any atom is 0.341 e. The van der Waals surface area contributed by atoms with Gasteiger partial charge in [-0.3, -0.25) is 4.79 Å². The van der Waals surface area contributed by atoms with Crippen molar-refractivity contribution in [2.45, 2.75) is 0 Å². The van der Waals surface area contributed by atoms with Gasteiger partial charge < -0.3 is 19.0 Å². The van der Waals surface area contributed by atoms with E-state index in [1.165, 1.54) is 7.11 Å². The minimum absolute atomic E-state index is 0.136. The van der Waals surface area contributed by atoms with E-state index in [1.807, 2.05) is 0 Å². The molecule has 2 aromatic carbocycles. The molecule has 0 saturated heterocycles. The molecule has 0 bridgehead atoms. The van der Waals surface area contributed by atoms with Crippen molar-refractivity contribution < 1.29 is 23.8 Å². The molecule has 0 radical (unpaired) electrons. The number of aliphatic carboxylic acids is 1. The average Bonchev–Trinajstić information content (AvgIpc) is 2.60. The van der Waals surface area contributed by atoms with Crippen molar-refractivity contribution in [3.05, 3.63) is 58.8 Å². The summed E-state index contributed by atoms with van der Waals surface area (Å²) in [5.41, 5.74) is 0.452. The summed E-state index contributed by atoms with van der Waals surface area (Å²) in [5, 5.41) is 9.18. The highest BCUT2D eigenvalue weighted by Crippen LogP contribution is 2.36. The first-order valence-corrected chi connectivity index (χ1v) is 7.15. The maximum absolute atomic E-state index is 12.7. The van der Waals surface area contributed by atoms with Gasteiger partial charge in [0.2, 0.25) is 11.2 Å². The number of fused-ring (bicyclic) bond motifs is 1. The molecule has 3 aromatic rings. The van der Waals surface area contributed by atoms with Crippen LogP contribution in [-0.4, -0.2) is 24.8 Å². The molecule has 0 fully saturated rings. The Morgan fingerprint density at radius 1 is 1.12 bits per heavy atom. The first kappa shape index (κ1) is 15.6. The van der Waals surface area contributed by atoms with Crippen molar-refractivity contribution in [2.75, 3.05) is 13.7 Å². The SMILES string of the molecule is COc1ccccc1-c1oc2ccccc2c(=O)c1OCC(=O)O. The van der Waals surface area contributed by atoms with Crippen LogP contribution in [0.4, 0.5) is 0 Å². The van der Waals surface area contributed by atoms with Gasteiger partial charge in [-0.15, -0.1) is 0 Å². The maximum atomic E-state index is 12.7. The van der Waals surface area contributed by atoms with E-state index in [4.69, 9.17) is 19.0 Å². The van der Waals surface area contributed by atoms with Crippen molar-refractivity contribution in [3.63, 3.8) is 0 Å². The van der Waals surface area contributed by atoms with Crippen molar-refractivity contribution in [1.82, 2.24) is 0 Å². The van der Waals surface area contributed by atoms with Crippen LogP contribution in [0.25, 0.3) is 22.3 Å². The summed E-state index contributed by atoms with van der Waals surface area (Å²) in [4.78, 5) is 23.6. The summed E-state index contributed by atoms with van der Waals surface area (Å²) in [6.45, 7) is -0.648. The van der Waals surface area contributed by atoms with E-state index in [-0.39, 0.29) is 11.5 Å². The molecule has 1 N–H and O–H groups in total. The molecule has 0 aliphatic heterocycles. The highest BCUT2D eigenvalue weighted by Gasteiger charge is 2.20. The van der Waals surface area contributed by atoms with Crippen molar-refractivity contribution in [2.24, 2.45) is 0 Å². The lowest BCUT2D eigenvalue weighted by molar-refractivity contribution is -0.139. The molecule has 0 aliphatic rings. The third kappa shape index (κ3) is 2.81. The van der Waals surface area contributed by atoms with Crippen molar-refractivity contribution in [1.29, 1.82) is 0 Å². The third-order valence-electron chi connectivity index (χ3n) is 3.45.